The summed E-state index contributed by atoms with van der Waals surface area (Å²) in [6.07, 6.45) is -5.44. The molecule has 2 aromatic carbocycles. The van der Waals surface area contributed by atoms with Crippen LogP contribution in [0.25, 0.3) is 0 Å². The molecule has 0 saturated carbocycles. The van der Waals surface area contributed by atoms with Gasteiger partial charge in [0.15, 0.2) is 5.60 Å². The third kappa shape index (κ3) is 3.42. The SMILES string of the molecule is COc1cc2c(cc1Cl)C(Nc1cccc3c1CC(=O)N3)C(O)(C(F)(F)F)CC2(C)C. The highest BCUT2D eigenvalue weighted by Gasteiger charge is 2.64. The lowest BCUT2D eigenvalue weighted by Gasteiger charge is -2.49. The van der Waals surface area contributed by atoms with Crippen molar-refractivity contribution in [3.05, 3.63) is 52.0 Å². The van der Waals surface area contributed by atoms with E-state index in [1.54, 1.807) is 38.1 Å². The van der Waals surface area contributed by atoms with Gasteiger partial charge in [-0.3, -0.25) is 4.79 Å². The van der Waals surface area contributed by atoms with Crippen LogP contribution in [0.3, 0.4) is 0 Å². The fourth-order valence-electron chi connectivity index (χ4n) is 4.68. The minimum atomic E-state index is -4.92. The van der Waals surface area contributed by atoms with E-state index in [0.29, 0.717) is 28.3 Å². The Balaban J connectivity index is 1.91. The van der Waals surface area contributed by atoms with Crippen molar-refractivity contribution in [2.45, 2.75) is 49.9 Å². The fraction of sp³-hybridized carbons (Fsp3) is 0.409. The van der Waals surface area contributed by atoms with Gasteiger partial charge in [0.2, 0.25) is 5.91 Å². The number of anilines is 2. The van der Waals surface area contributed by atoms with Crippen molar-refractivity contribution in [1.29, 1.82) is 0 Å². The molecule has 2 aromatic rings. The first-order valence-corrected chi connectivity index (χ1v) is 10.1. The van der Waals surface area contributed by atoms with Crippen molar-refractivity contribution >= 4 is 28.9 Å². The quantitative estimate of drug-likeness (QED) is 0.612. The molecule has 2 unspecified atom stereocenters. The van der Waals surface area contributed by atoms with Crippen molar-refractivity contribution < 1.29 is 27.8 Å². The summed E-state index contributed by atoms with van der Waals surface area (Å²) < 4.78 is 48.1. The van der Waals surface area contributed by atoms with Crippen LogP contribution in [0.2, 0.25) is 5.02 Å². The number of ether oxygens (including phenoxy) is 1. The molecule has 0 bridgehead atoms. The lowest BCUT2D eigenvalue weighted by atomic mass is 9.63. The molecular weight excluding hydrogens is 433 g/mol. The van der Waals surface area contributed by atoms with Gasteiger partial charge in [-0.25, -0.2) is 0 Å². The number of halogens is 4. The highest BCUT2D eigenvalue weighted by molar-refractivity contribution is 6.32. The Bertz CT molecular complexity index is 1070. The lowest BCUT2D eigenvalue weighted by Crippen LogP contribution is -2.58. The minimum absolute atomic E-state index is 0.0391. The molecule has 0 aromatic heterocycles. The molecule has 0 fully saturated rings. The number of carbonyl (C=O) groups is 1. The Morgan fingerprint density at radius 3 is 2.65 bits per heavy atom. The first-order valence-electron chi connectivity index (χ1n) is 9.72. The maximum atomic E-state index is 14.3. The van der Waals surface area contributed by atoms with E-state index in [1.165, 1.54) is 13.2 Å². The standard InChI is InChI=1S/C22H22ClF3N2O3/c1-20(2)10-21(30,22(24,25)26)19(11-7-14(23)17(31-3)9-13(11)20)28-16-6-4-5-15-12(16)8-18(29)27-15/h4-7,9,19,28,30H,8,10H2,1-3H3,(H,27,29). The number of rotatable bonds is 3. The van der Waals surface area contributed by atoms with Crippen molar-refractivity contribution in [2.24, 2.45) is 0 Å². The highest BCUT2D eigenvalue weighted by Crippen LogP contribution is 2.56. The number of methoxy groups -OCH3 is 1. The molecule has 9 heteroatoms. The van der Waals surface area contributed by atoms with Gasteiger partial charge < -0.3 is 20.5 Å². The van der Waals surface area contributed by atoms with Crippen molar-refractivity contribution in [1.82, 2.24) is 0 Å². The van der Waals surface area contributed by atoms with Gasteiger partial charge in [0.1, 0.15) is 5.75 Å². The van der Waals surface area contributed by atoms with E-state index in [2.05, 4.69) is 10.6 Å². The van der Waals surface area contributed by atoms with E-state index < -0.39 is 29.7 Å². The van der Waals surface area contributed by atoms with Gasteiger partial charge in [0, 0.05) is 16.9 Å². The Morgan fingerprint density at radius 2 is 2.00 bits per heavy atom. The third-order valence-electron chi connectivity index (χ3n) is 6.13. The number of amides is 1. The molecule has 4 rings (SSSR count). The maximum Gasteiger partial charge on any atom is 0.419 e. The van der Waals surface area contributed by atoms with Crippen LogP contribution in [0, 0.1) is 0 Å². The molecule has 5 nitrogen and oxygen atoms in total. The first kappa shape index (κ1) is 21.8. The summed E-state index contributed by atoms with van der Waals surface area (Å²) >= 11 is 6.27. The van der Waals surface area contributed by atoms with E-state index in [1.807, 2.05) is 0 Å². The Hall–Kier alpha value is -2.45. The summed E-state index contributed by atoms with van der Waals surface area (Å²) in [5, 5.41) is 16.8. The molecular formula is C22H22ClF3N2O3. The van der Waals surface area contributed by atoms with Crippen molar-refractivity contribution in [2.75, 3.05) is 17.7 Å². The largest absolute Gasteiger partial charge is 0.495 e. The number of benzene rings is 2. The summed E-state index contributed by atoms with van der Waals surface area (Å²) in [5.74, 6) is 0.105. The predicted octanol–water partition coefficient (Wildman–Crippen LogP) is 4.97. The normalized spacial score (nSPS) is 24.3. The summed E-state index contributed by atoms with van der Waals surface area (Å²) in [6.45, 7) is 3.30. The molecule has 0 radical (unpaired) electrons. The Labute approximate surface area is 182 Å². The molecule has 2 atom stereocenters. The van der Waals surface area contributed by atoms with E-state index in [-0.39, 0.29) is 22.9 Å². The molecule has 166 valence electrons. The molecule has 31 heavy (non-hydrogen) atoms. The predicted molar refractivity (Wildman–Crippen MR) is 112 cm³/mol. The van der Waals surface area contributed by atoms with Gasteiger partial charge in [0.05, 0.1) is 24.6 Å². The van der Waals surface area contributed by atoms with Crippen molar-refractivity contribution in [3.8, 4) is 5.75 Å². The van der Waals surface area contributed by atoms with Crippen LogP contribution in [-0.4, -0.2) is 29.9 Å². The smallest absolute Gasteiger partial charge is 0.419 e. The van der Waals surface area contributed by atoms with Crippen LogP contribution in [0.1, 0.15) is 43.0 Å². The van der Waals surface area contributed by atoms with E-state index in [9.17, 15) is 23.1 Å². The summed E-state index contributed by atoms with van der Waals surface area (Å²) in [4.78, 5) is 11.8. The number of hydrogen-bond acceptors (Lipinski definition) is 4. The molecule has 1 aliphatic carbocycles. The zero-order chi connectivity index (χ0) is 22.8. The Morgan fingerprint density at radius 1 is 1.29 bits per heavy atom. The number of hydrogen-bond donors (Lipinski definition) is 3. The maximum absolute atomic E-state index is 14.3. The molecule has 0 saturated heterocycles. The number of alkyl halides is 3. The van der Waals surface area contributed by atoms with Crippen LogP contribution in [-0.2, 0) is 16.6 Å². The Kier molecular flexibility index (Phi) is 4.94. The topological polar surface area (TPSA) is 70.6 Å². The number of carbonyl (C=O) groups excluding carboxylic acids is 1. The van der Waals surface area contributed by atoms with E-state index in [0.717, 1.165) is 0 Å². The van der Waals surface area contributed by atoms with Gasteiger partial charge in [-0.15, -0.1) is 0 Å². The van der Waals surface area contributed by atoms with Crippen LogP contribution in [0.15, 0.2) is 30.3 Å². The number of fused-ring (bicyclic) bond motifs is 2. The van der Waals surface area contributed by atoms with Crippen LogP contribution in [0.5, 0.6) is 5.75 Å². The molecule has 1 heterocycles. The van der Waals surface area contributed by atoms with Crippen LogP contribution in [0.4, 0.5) is 24.5 Å². The minimum Gasteiger partial charge on any atom is -0.495 e. The van der Waals surface area contributed by atoms with Gasteiger partial charge in [0.25, 0.3) is 0 Å². The number of nitrogens with one attached hydrogen (secondary N) is 2. The lowest BCUT2D eigenvalue weighted by molar-refractivity contribution is -0.275. The molecule has 1 aliphatic heterocycles. The molecule has 2 aliphatic rings. The van der Waals surface area contributed by atoms with E-state index >= 15 is 0 Å². The summed E-state index contributed by atoms with van der Waals surface area (Å²) in [6, 6.07) is 6.41. The average molecular weight is 455 g/mol. The second kappa shape index (κ2) is 7.03. The summed E-state index contributed by atoms with van der Waals surface area (Å²) in [5.41, 5.74) is -1.80. The zero-order valence-corrected chi connectivity index (χ0v) is 17.9. The van der Waals surface area contributed by atoms with Crippen LogP contribution >= 0.6 is 11.6 Å². The van der Waals surface area contributed by atoms with Crippen LogP contribution < -0.4 is 15.4 Å². The monoisotopic (exact) mass is 454 g/mol. The van der Waals surface area contributed by atoms with E-state index in [4.69, 9.17) is 16.3 Å². The fourth-order valence-corrected chi connectivity index (χ4v) is 4.93. The number of aliphatic hydroxyl groups is 1. The van der Waals surface area contributed by atoms with Gasteiger partial charge >= 0.3 is 6.18 Å². The first-order chi connectivity index (χ1) is 14.4. The third-order valence-corrected chi connectivity index (χ3v) is 6.43. The van der Waals surface area contributed by atoms with Crippen molar-refractivity contribution in [3.63, 3.8) is 0 Å². The molecule has 1 amide bonds. The molecule has 3 N–H and O–H groups in total. The van der Waals surface area contributed by atoms with Gasteiger partial charge in [-0.2, -0.15) is 13.2 Å². The average Bonchev–Trinajstić information content (AvgIpc) is 3.04. The molecule has 0 spiro atoms. The summed E-state index contributed by atoms with van der Waals surface area (Å²) in [7, 11) is 1.43. The van der Waals surface area contributed by atoms with Gasteiger partial charge in [-0.1, -0.05) is 31.5 Å². The van der Waals surface area contributed by atoms with Gasteiger partial charge in [-0.05, 0) is 47.2 Å². The second-order valence-electron chi connectivity index (χ2n) is 8.69. The highest BCUT2D eigenvalue weighted by atomic mass is 35.5. The second-order valence-corrected chi connectivity index (χ2v) is 9.10. The zero-order valence-electron chi connectivity index (χ0n) is 17.2.